The van der Waals surface area contributed by atoms with Gasteiger partial charge < -0.3 is 20.3 Å². The first kappa shape index (κ1) is 18.2. The van der Waals surface area contributed by atoms with Crippen LogP contribution in [0.5, 0.6) is 5.75 Å². The van der Waals surface area contributed by atoms with Crippen molar-refractivity contribution in [2.24, 2.45) is 0 Å². The van der Waals surface area contributed by atoms with Crippen LogP contribution in [0.3, 0.4) is 0 Å². The van der Waals surface area contributed by atoms with Crippen LogP contribution in [0.25, 0.3) is 5.52 Å². The molecule has 0 radical (unpaired) electrons. The Kier molecular flexibility index (Phi) is 4.82. The summed E-state index contributed by atoms with van der Waals surface area (Å²) >= 11 is 0. The highest BCUT2D eigenvalue weighted by atomic mass is 16.5. The number of carbonyl (C=O) groups is 1. The number of pyridine rings is 1. The Morgan fingerprint density at radius 1 is 1.32 bits per heavy atom. The summed E-state index contributed by atoms with van der Waals surface area (Å²) < 4.78 is 7.05. The Bertz CT molecular complexity index is 999. The van der Waals surface area contributed by atoms with Crippen molar-refractivity contribution in [2.75, 3.05) is 37.0 Å². The summed E-state index contributed by atoms with van der Waals surface area (Å²) in [6.45, 7) is 6.71. The van der Waals surface area contributed by atoms with Gasteiger partial charge in [0, 0.05) is 25.7 Å². The summed E-state index contributed by atoms with van der Waals surface area (Å²) in [4.78, 5) is 14.9. The molecule has 0 bridgehead atoms. The number of amides is 1. The summed E-state index contributed by atoms with van der Waals surface area (Å²) in [7, 11) is 1.53. The van der Waals surface area contributed by atoms with E-state index in [9.17, 15) is 4.79 Å². The number of rotatable bonds is 4. The second-order valence-electron chi connectivity index (χ2n) is 6.94. The lowest BCUT2D eigenvalue weighted by Gasteiger charge is -2.32. The van der Waals surface area contributed by atoms with E-state index in [0.29, 0.717) is 23.2 Å². The molecule has 1 saturated heterocycles. The highest BCUT2D eigenvalue weighted by Gasteiger charge is 2.18. The number of aryl methyl sites for hydroxylation is 1. The minimum atomic E-state index is -0.309. The third-order valence-corrected chi connectivity index (χ3v) is 4.73. The third-order valence-electron chi connectivity index (χ3n) is 4.73. The number of anilines is 2. The van der Waals surface area contributed by atoms with Crippen molar-refractivity contribution in [2.45, 2.75) is 19.9 Å². The molecular weight excluding hydrogens is 358 g/mol. The Morgan fingerprint density at radius 2 is 2.18 bits per heavy atom. The Morgan fingerprint density at radius 3 is 2.89 bits per heavy atom. The van der Waals surface area contributed by atoms with Gasteiger partial charge in [-0.1, -0.05) is 0 Å². The zero-order valence-corrected chi connectivity index (χ0v) is 16.1. The van der Waals surface area contributed by atoms with Gasteiger partial charge in [0.05, 0.1) is 30.1 Å². The summed E-state index contributed by atoms with van der Waals surface area (Å²) in [6, 6.07) is 7.70. The van der Waals surface area contributed by atoms with Crippen molar-refractivity contribution in [3.05, 3.63) is 41.7 Å². The number of aromatic nitrogens is 4. The van der Waals surface area contributed by atoms with Gasteiger partial charge in [0.1, 0.15) is 5.75 Å². The molecular formula is C19H23N7O2. The fourth-order valence-corrected chi connectivity index (χ4v) is 3.37. The maximum absolute atomic E-state index is 12.8. The van der Waals surface area contributed by atoms with E-state index in [1.54, 1.807) is 22.8 Å². The molecule has 0 saturated carbocycles. The number of nitrogens with zero attached hydrogens (tertiary/aromatic N) is 5. The molecule has 3 aromatic heterocycles. The van der Waals surface area contributed by atoms with Gasteiger partial charge in [-0.05, 0) is 38.1 Å². The van der Waals surface area contributed by atoms with Crippen LogP contribution in [0.1, 0.15) is 23.0 Å². The fraction of sp³-hybridized carbons (Fsp3) is 0.368. The molecule has 1 atom stereocenters. The van der Waals surface area contributed by atoms with Crippen molar-refractivity contribution in [1.82, 2.24) is 25.1 Å². The predicted octanol–water partition coefficient (Wildman–Crippen LogP) is 1.49. The fourth-order valence-electron chi connectivity index (χ4n) is 3.37. The number of carbonyl (C=O) groups excluding carboxylic acids is 1. The molecule has 9 nitrogen and oxygen atoms in total. The predicted molar refractivity (Wildman–Crippen MR) is 106 cm³/mol. The second-order valence-corrected chi connectivity index (χ2v) is 6.94. The molecule has 3 aromatic rings. The van der Waals surface area contributed by atoms with Crippen LogP contribution >= 0.6 is 0 Å². The van der Waals surface area contributed by atoms with E-state index in [2.05, 4.69) is 37.8 Å². The van der Waals surface area contributed by atoms with E-state index in [1.165, 1.54) is 7.11 Å². The van der Waals surface area contributed by atoms with E-state index in [4.69, 9.17) is 4.74 Å². The van der Waals surface area contributed by atoms with E-state index < -0.39 is 0 Å². The van der Waals surface area contributed by atoms with Crippen LogP contribution in [-0.4, -0.2) is 58.5 Å². The van der Waals surface area contributed by atoms with E-state index >= 15 is 0 Å². The summed E-state index contributed by atoms with van der Waals surface area (Å²) in [6.07, 6.45) is 1.69. The molecule has 1 aliphatic rings. The minimum absolute atomic E-state index is 0.309. The summed E-state index contributed by atoms with van der Waals surface area (Å²) in [5, 5.41) is 19.0. The lowest BCUT2D eigenvalue weighted by atomic mass is 10.2. The summed E-state index contributed by atoms with van der Waals surface area (Å²) in [5.41, 5.74) is 2.10. The van der Waals surface area contributed by atoms with Gasteiger partial charge in [-0.3, -0.25) is 4.79 Å². The first-order chi connectivity index (χ1) is 13.5. The quantitative estimate of drug-likeness (QED) is 0.707. The van der Waals surface area contributed by atoms with Crippen molar-refractivity contribution >= 4 is 23.1 Å². The zero-order valence-electron chi connectivity index (χ0n) is 16.1. The maximum Gasteiger partial charge on any atom is 0.260 e. The van der Waals surface area contributed by atoms with Crippen LogP contribution in [0.2, 0.25) is 0 Å². The van der Waals surface area contributed by atoms with E-state index in [1.807, 2.05) is 19.1 Å². The highest BCUT2D eigenvalue weighted by molar-refractivity contribution is 6.06. The Hall–Kier alpha value is -3.20. The molecule has 146 valence electrons. The first-order valence-corrected chi connectivity index (χ1v) is 9.21. The molecule has 4 rings (SSSR count). The average Bonchev–Trinajstić information content (AvgIpc) is 3.06. The maximum atomic E-state index is 12.8. The molecule has 1 unspecified atom stereocenters. The van der Waals surface area contributed by atoms with Crippen molar-refractivity contribution in [3.63, 3.8) is 0 Å². The largest absolute Gasteiger partial charge is 0.494 e. The molecule has 1 amide bonds. The van der Waals surface area contributed by atoms with Crippen molar-refractivity contribution in [3.8, 4) is 5.75 Å². The molecule has 1 fully saturated rings. The van der Waals surface area contributed by atoms with Crippen LogP contribution < -0.4 is 20.3 Å². The molecule has 0 spiro atoms. The molecule has 1 aliphatic heterocycles. The molecule has 2 N–H and O–H groups in total. The van der Waals surface area contributed by atoms with Gasteiger partial charge in [0.15, 0.2) is 11.6 Å². The number of hydrogen-bond donors (Lipinski definition) is 2. The van der Waals surface area contributed by atoms with Crippen LogP contribution in [0.4, 0.5) is 11.6 Å². The van der Waals surface area contributed by atoms with E-state index in [0.717, 1.165) is 36.7 Å². The Labute approximate surface area is 162 Å². The standard InChI is InChI=1S/C19H23N7O2/c1-12-8-14-9-15(16(28-3)11-26(14)24-12)19(27)21-17-4-5-18(23-22-17)25-7-6-20-13(2)10-25/h4-5,8-9,11,13,20H,6-7,10H2,1-3H3,(H,21,22,27). The molecule has 0 aliphatic carbocycles. The number of methoxy groups -OCH3 is 1. The third kappa shape index (κ3) is 3.61. The lowest BCUT2D eigenvalue weighted by molar-refractivity contribution is 0.102. The highest BCUT2D eigenvalue weighted by Crippen LogP contribution is 2.22. The second kappa shape index (κ2) is 7.43. The minimum Gasteiger partial charge on any atom is -0.494 e. The van der Waals surface area contributed by atoms with Crippen molar-refractivity contribution in [1.29, 1.82) is 0 Å². The van der Waals surface area contributed by atoms with Crippen LogP contribution in [0, 0.1) is 6.92 Å². The van der Waals surface area contributed by atoms with E-state index in [-0.39, 0.29) is 5.91 Å². The number of fused-ring (bicyclic) bond motifs is 1. The van der Waals surface area contributed by atoms with Gasteiger partial charge in [0.25, 0.3) is 5.91 Å². The molecule has 0 aromatic carbocycles. The smallest absolute Gasteiger partial charge is 0.260 e. The molecule has 28 heavy (non-hydrogen) atoms. The normalized spacial score (nSPS) is 17.0. The Balaban J connectivity index is 1.52. The summed E-state index contributed by atoms with van der Waals surface area (Å²) in [5.74, 6) is 1.33. The molecule has 4 heterocycles. The average molecular weight is 381 g/mol. The van der Waals surface area contributed by atoms with Gasteiger partial charge in [0.2, 0.25) is 0 Å². The number of nitrogens with one attached hydrogen (secondary N) is 2. The van der Waals surface area contributed by atoms with Crippen LogP contribution in [0.15, 0.2) is 30.5 Å². The number of ether oxygens (including phenoxy) is 1. The van der Waals surface area contributed by atoms with Gasteiger partial charge >= 0.3 is 0 Å². The topological polar surface area (TPSA) is 96.7 Å². The van der Waals surface area contributed by atoms with Gasteiger partial charge in [-0.15, -0.1) is 10.2 Å². The number of hydrogen-bond acceptors (Lipinski definition) is 7. The monoisotopic (exact) mass is 381 g/mol. The lowest BCUT2D eigenvalue weighted by Crippen LogP contribution is -2.49. The number of piperazine rings is 1. The van der Waals surface area contributed by atoms with Crippen LogP contribution in [-0.2, 0) is 0 Å². The SMILES string of the molecule is COc1cn2nc(C)cc2cc1C(=O)Nc1ccc(N2CCNC(C)C2)nn1. The van der Waals surface area contributed by atoms with Gasteiger partial charge in [-0.2, -0.15) is 5.10 Å². The molecule has 9 heteroatoms. The first-order valence-electron chi connectivity index (χ1n) is 9.21. The zero-order chi connectivity index (χ0) is 19.7. The van der Waals surface area contributed by atoms with Crippen molar-refractivity contribution < 1.29 is 9.53 Å². The van der Waals surface area contributed by atoms with Gasteiger partial charge in [-0.25, -0.2) is 4.52 Å².